The van der Waals surface area contributed by atoms with E-state index < -0.39 is 0 Å². The Bertz CT molecular complexity index is 573. The molecule has 0 saturated carbocycles. The molecule has 0 aliphatic carbocycles. The Hall–Kier alpha value is -2.40. The maximum absolute atomic E-state index is 5.44. The average molecular weight is 288 g/mol. The molecule has 0 atom stereocenters. The van der Waals surface area contributed by atoms with Crippen molar-refractivity contribution >= 4 is 5.69 Å². The number of para-hydroxylation sites is 1. The van der Waals surface area contributed by atoms with Gasteiger partial charge in [0.1, 0.15) is 0 Å². The molecule has 2 aromatic carbocycles. The molecule has 2 N–H and O–H groups in total. The molecule has 0 fully saturated rings. The number of hydrogen-bond donors (Lipinski definition) is 2. The number of hydrogen-bond acceptors (Lipinski definition) is 5. The summed E-state index contributed by atoms with van der Waals surface area (Å²) in [5.74, 6) is 1.91. The van der Waals surface area contributed by atoms with Crippen LogP contribution in [0.3, 0.4) is 0 Å². The Morgan fingerprint density at radius 3 is 2.14 bits per heavy atom. The standard InChI is InChI=1S/C16H20N2O3/c1-19-14-10-9-12(15(20-2)16(14)21-3)11-17-18-13-7-5-4-6-8-13/h4-10,17-18H,11H2,1-3H3. The zero-order valence-electron chi connectivity index (χ0n) is 12.5. The van der Waals surface area contributed by atoms with Crippen LogP contribution in [0.15, 0.2) is 42.5 Å². The lowest BCUT2D eigenvalue weighted by Gasteiger charge is -2.16. The molecule has 2 rings (SSSR count). The third-order valence-electron chi connectivity index (χ3n) is 3.07. The first-order chi connectivity index (χ1) is 10.3. The van der Waals surface area contributed by atoms with Crippen molar-refractivity contribution in [3.05, 3.63) is 48.0 Å². The van der Waals surface area contributed by atoms with Crippen molar-refractivity contribution < 1.29 is 14.2 Å². The second kappa shape index (κ2) is 7.40. The molecule has 5 nitrogen and oxygen atoms in total. The lowest BCUT2D eigenvalue weighted by Crippen LogP contribution is -2.21. The highest BCUT2D eigenvalue weighted by atomic mass is 16.5. The van der Waals surface area contributed by atoms with E-state index in [1.54, 1.807) is 21.3 Å². The summed E-state index contributed by atoms with van der Waals surface area (Å²) in [5.41, 5.74) is 8.26. The summed E-state index contributed by atoms with van der Waals surface area (Å²) in [4.78, 5) is 0. The third kappa shape index (κ3) is 3.58. The van der Waals surface area contributed by atoms with Gasteiger partial charge < -0.3 is 19.6 Å². The van der Waals surface area contributed by atoms with E-state index in [9.17, 15) is 0 Å². The van der Waals surface area contributed by atoms with Crippen molar-refractivity contribution in [2.45, 2.75) is 6.54 Å². The summed E-state index contributed by atoms with van der Waals surface area (Å²) < 4.78 is 16.1. The van der Waals surface area contributed by atoms with Gasteiger partial charge in [0.05, 0.1) is 21.3 Å². The molecule has 0 aliphatic rings. The fourth-order valence-electron chi connectivity index (χ4n) is 2.07. The fourth-order valence-corrected chi connectivity index (χ4v) is 2.07. The molecule has 0 spiro atoms. The van der Waals surface area contributed by atoms with Gasteiger partial charge in [-0.3, -0.25) is 0 Å². The van der Waals surface area contributed by atoms with Crippen molar-refractivity contribution in [3.63, 3.8) is 0 Å². The molecule has 2 aromatic rings. The molecule has 0 aromatic heterocycles. The minimum atomic E-state index is 0.582. The van der Waals surface area contributed by atoms with Crippen LogP contribution in [0.2, 0.25) is 0 Å². The lowest BCUT2D eigenvalue weighted by atomic mass is 10.1. The molecular weight excluding hydrogens is 268 g/mol. The number of nitrogens with one attached hydrogen (secondary N) is 2. The van der Waals surface area contributed by atoms with Gasteiger partial charge >= 0.3 is 0 Å². The van der Waals surface area contributed by atoms with Gasteiger partial charge in [0, 0.05) is 17.8 Å². The molecule has 0 bridgehead atoms. The molecule has 5 heteroatoms. The van der Waals surface area contributed by atoms with Crippen LogP contribution in [0.25, 0.3) is 0 Å². The Kier molecular flexibility index (Phi) is 5.29. The van der Waals surface area contributed by atoms with Crippen LogP contribution < -0.4 is 25.1 Å². The molecular formula is C16H20N2O3. The number of ether oxygens (including phenoxy) is 3. The molecule has 0 unspecified atom stereocenters. The minimum Gasteiger partial charge on any atom is -0.493 e. The van der Waals surface area contributed by atoms with E-state index in [0.29, 0.717) is 23.8 Å². The van der Waals surface area contributed by atoms with Gasteiger partial charge in [-0.1, -0.05) is 18.2 Å². The van der Waals surface area contributed by atoms with E-state index in [1.807, 2.05) is 42.5 Å². The topological polar surface area (TPSA) is 51.8 Å². The first-order valence-corrected chi connectivity index (χ1v) is 6.62. The van der Waals surface area contributed by atoms with Crippen LogP contribution in [-0.4, -0.2) is 21.3 Å². The Morgan fingerprint density at radius 1 is 0.810 bits per heavy atom. The van der Waals surface area contributed by atoms with Crippen LogP contribution in [0, 0.1) is 0 Å². The summed E-state index contributed by atoms with van der Waals surface area (Å²) in [6, 6.07) is 13.7. The van der Waals surface area contributed by atoms with Gasteiger partial charge in [-0.25, -0.2) is 5.43 Å². The van der Waals surface area contributed by atoms with E-state index in [2.05, 4.69) is 10.9 Å². The summed E-state index contributed by atoms with van der Waals surface area (Å²) in [6.07, 6.45) is 0. The number of benzene rings is 2. The van der Waals surface area contributed by atoms with Crippen LogP contribution in [-0.2, 0) is 6.54 Å². The minimum absolute atomic E-state index is 0.582. The van der Waals surface area contributed by atoms with Crippen molar-refractivity contribution in [2.75, 3.05) is 26.8 Å². The van der Waals surface area contributed by atoms with Crippen LogP contribution in [0.4, 0.5) is 5.69 Å². The number of anilines is 1. The highest BCUT2D eigenvalue weighted by Crippen LogP contribution is 2.39. The summed E-state index contributed by atoms with van der Waals surface area (Å²) in [7, 11) is 4.82. The van der Waals surface area contributed by atoms with Crippen molar-refractivity contribution in [3.8, 4) is 17.2 Å². The number of rotatable bonds is 7. The van der Waals surface area contributed by atoms with Gasteiger partial charge in [0.25, 0.3) is 0 Å². The smallest absolute Gasteiger partial charge is 0.203 e. The summed E-state index contributed by atoms with van der Waals surface area (Å²) in [5, 5.41) is 0. The van der Waals surface area contributed by atoms with Crippen molar-refractivity contribution in [1.29, 1.82) is 0 Å². The monoisotopic (exact) mass is 288 g/mol. The van der Waals surface area contributed by atoms with Crippen LogP contribution in [0.5, 0.6) is 17.2 Å². The van der Waals surface area contributed by atoms with E-state index >= 15 is 0 Å². The predicted octanol–water partition coefficient (Wildman–Crippen LogP) is 2.83. The molecule has 0 amide bonds. The van der Waals surface area contributed by atoms with Crippen LogP contribution >= 0.6 is 0 Å². The Balaban J connectivity index is 2.09. The normalized spacial score (nSPS) is 10.0. The SMILES string of the molecule is COc1ccc(CNNc2ccccc2)c(OC)c1OC. The van der Waals surface area contributed by atoms with E-state index in [1.165, 1.54) is 0 Å². The van der Waals surface area contributed by atoms with Gasteiger partial charge in [0.2, 0.25) is 5.75 Å². The second-order valence-electron chi connectivity index (χ2n) is 4.34. The highest BCUT2D eigenvalue weighted by Gasteiger charge is 2.15. The van der Waals surface area contributed by atoms with Crippen molar-refractivity contribution in [1.82, 2.24) is 5.43 Å². The highest BCUT2D eigenvalue weighted by molar-refractivity contribution is 5.55. The van der Waals surface area contributed by atoms with E-state index in [4.69, 9.17) is 14.2 Å². The zero-order chi connectivity index (χ0) is 15.1. The molecule has 0 saturated heterocycles. The zero-order valence-corrected chi connectivity index (χ0v) is 12.5. The number of hydrazine groups is 1. The predicted molar refractivity (Wildman–Crippen MR) is 83.0 cm³/mol. The first-order valence-electron chi connectivity index (χ1n) is 6.62. The maximum atomic E-state index is 5.44. The fraction of sp³-hybridized carbons (Fsp3) is 0.250. The summed E-state index contributed by atoms with van der Waals surface area (Å²) >= 11 is 0. The van der Waals surface area contributed by atoms with Gasteiger partial charge in [0.15, 0.2) is 11.5 Å². The van der Waals surface area contributed by atoms with E-state index in [0.717, 1.165) is 11.3 Å². The molecule has 112 valence electrons. The molecule has 0 radical (unpaired) electrons. The van der Waals surface area contributed by atoms with Gasteiger partial charge in [-0.2, -0.15) is 0 Å². The molecule has 21 heavy (non-hydrogen) atoms. The van der Waals surface area contributed by atoms with E-state index in [-0.39, 0.29) is 0 Å². The van der Waals surface area contributed by atoms with Crippen LogP contribution in [0.1, 0.15) is 5.56 Å². The van der Waals surface area contributed by atoms with Gasteiger partial charge in [-0.05, 0) is 24.3 Å². The van der Waals surface area contributed by atoms with Crippen molar-refractivity contribution in [2.24, 2.45) is 0 Å². The first kappa shape index (κ1) is 15.0. The Labute approximate surface area is 124 Å². The average Bonchev–Trinajstić information content (AvgIpc) is 2.55. The largest absolute Gasteiger partial charge is 0.493 e. The molecule has 0 heterocycles. The summed E-state index contributed by atoms with van der Waals surface area (Å²) in [6.45, 7) is 0.582. The Morgan fingerprint density at radius 2 is 1.52 bits per heavy atom. The number of methoxy groups -OCH3 is 3. The van der Waals surface area contributed by atoms with Gasteiger partial charge in [-0.15, -0.1) is 0 Å². The lowest BCUT2D eigenvalue weighted by molar-refractivity contribution is 0.322. The third-order valence-corrected chi connectivity index (χ3v) is 3.07. The quantitative estimate of drug-likeness (QED) is 0.767. The molecule has 0 aliphatic heterocycles. The maximum Gasteiger partial charge on any atom is 0.203 e. The second-order valence-corrected chi connectivity index (χ2v) is 4.34.